The van der Waals surface area contributed by atoms with Crippen LogP contribution in [0.3, 0.4) is 0 Å². The molecule has 28 heavy (non-hydrogen) atoms. The SMILES string of the molecule is COc1ccc(C(C)=NNC(=O)c2ccoc2C)cc1CSc1ncccn1. The van der Waals surface area contributed by atoms with Gasteiger partial charge in [0.15, 0.2) is 5.16 Å². The largest absolute Gasteiger partial charge is 0.496 e. The minimum absolute atomic E-state index is 0.309. The molecule has 0 radical (unpaired) electrons. The summed E-state index contributed by atoms with van der Waals surface area (Å²) in [5.74, 6) is 1.67. The number of benzene rings is 1. The van der Waals surface area contributed by atoms with Crippen LogP contribution in [-0.4, -0.2) is 28.7 Å². The number of ether oxygens (including phenoxy) is 1. The van der Waals surface area contributed by atoms with Gasteiger partial charge >= 0.3 is 0 Å². The van der Waals surface area contributed by atoms with E-state index < -0.39 is 0 Å². The van der Waals surface area contributed by atoms with E-state index in [-0.39, 0.29) is 5.91 Å². The van der Waals surface area contributed by atoms with Crippen LogP contribution < -0.4 is 10.2 Å². The molecule has 7 nitrogen and oxygen atoms in total. The van der Waals surface area contributed by atoms with Gasteiger partial charge in [-0.25, -0.2) is 15.4 Å². The van der Waals surface area contributed by atoms with Crippen molar-refractivity contribution in [2.24, 2.45) is 5.10 Å². The molecule has 0 atom stereocenters. The van der Waals surface area contributed by atoms with Gasteiger partial charge < -0.3 is 9.15 Å². The minimum Gasteiger partial charge on any atom is -0.496 e. The van der Waals surface area contributed by atoms with Gasteiger partial charge in [0.2, 0.25) is 0 Å². The third kappa shape index (κ3) is 4.77. The van der Waals surface area contributed by atoms with Crippen molar-refractivity contribution in [3.8, 4) is 5.75 Å². The van der Waals surface area contributed by atoms with Gasteiger partial charge in [0.05, 0.1) is 24.6 Å². The summed E-state index contributed by atoms with van der Waals surface area (Å²) in [4.78, 5) is 20.6. The molecule has 0 unspecified atom stereocenters. The molecule has 3 rings (SSSR count). The summed E-state index contributed by atoms with van der Waals surface area (Å²) in [6.45, 7) is 3.57. The number of amides is 1. The first-order valence-corrected chi connectivity index (χ1v) is 9.53. The van der Waals surface area contributed by atoms with Gasteiger partial charge in [0.1, 0.15) is 11.5 Å². The molecule has 0 aliphatic rings. The zero-order chi connectivity index (χ0) is 19.9. The third-order valence-corrected chi connectivity index (χ3v) is 4.95. The van der Waals surface area contributed by atoms with Gasteiger partial charge in [-0.3, -0.25) is 4.79 Å². The fraction of sp³-hybridized carbons (Fsp3) is 0.200. The predicted molar refractivity (Wildman–Crippen MR) is 108 cm³/mol. The summed E-state index contributed by atoms with van der Waals surface area (Å²) in [6, 6.07) is 9.18. The van der Waals surface area contributed by atoms with Gasteiger partial charge in [-0.05, 0) is 49.7 Å². The first-order chi connectivity index (χ1) is 13.6. The lowest BCUT2D eigenvalue weighted by Crippen LogP contribution is -2.19. The normalized spacial score (nSPS) is 11.3. The number of hydrogen-bond donors (Lipinski definition) is 1. The van der Waals surface area contributed by atoms with E-state index in [9.17, 15) is 4.79 Å². The lowest BCUT2D eigenvalue weighted by Gasteiger charge is -2.10. The molecule has 1 amide bonds. The van der Waals surface area contributed by atoms with Crippen molar-refractivity contribution >= 4 is 23.4 Å². The molecule has 144 valence electrons. The number of carbonyl (C=O) groups excluding carboxylic acids is 1. The predicted octanol–water partition coefficient (Wildman–Crippen LogP) is 3.83. The molecule has 0 saturated heterocycles. The van der Waals surface area contributed by atoms with Gasteiger partial charge in [0.25, 0.3) is 5.91 Å². The Kier molecular flexibility index (Phi) is 6.44. The van der Waals surface area contributed by atoms with E-state index >= 15 is 0 Å². The van der Waals surface area contributed by atoms with Crippen LogP contribution in [-0.2, 0) is 5.75 Å². The van der Waals surface area contributed by atoms with E-state index in [2.05, 4.69) is 20.5 Å². The number of hydrogen-bond acceptors (Lipinski definition) is 7. The second kappa shape index (κ2) is 9.18. The monoisotopic (exact) mass is 396 g/mol. The number of thioether (sulfide) groups is 1. The quantitative estimate of drug-likeness (QED) is 0.282. The standard InChI is InChI=1S/C20H20N4O3S/c1-13(23-24-19(25)17-7-10-27-14(17)2)15-5-6-18(26-3)16(11-15)12-28-20-21-8-4-9-22-20/h4-11H,12H2,1-3H3,(H,24,25). The molecule has 3 aromatic rings. The third-order valence-electron chi connectivity index (χ3n) is 4.03. The Morgan fingerprint density at radius 2 is 2.07 bits per heavy atom. The number of rotatable bonds is 7. The Morgan fingerprint density at radius 1 is 1.29 bits per heavy atom. The number of methoxy groups -OCH3 is 1. The Balaban J connectivity index is 1.74. The molecule has 1 N–H and O–H groups in total. The van der Waals surface area contributed by atoms with Crippen LogP contribution in [0.25, 0.3) is 0 Å². The van der Waals surface area contributed by atoms with Crippen molar-refractivity contribution < 1.29 is 13.9 Å². The molecule has 0 aliphatic heterocycles. The van der Waals surface area contributed by atoms with Crippen LogP contribution in [0.4, 0.5) is 0 Å². The number of hydrazone groups is 1. The fourth-order valence-corrected chi connectivity index (χ4v) is 3.28. The molecule has 1 aromatic carbocycles. The van der Waals surface area contributed by atoms with Crippen molar-refractivity contribution in [1.29, 1.82) is 0 Å². The molecule has 0 aliphatic carbocycles. The zero-order valence-corrected chi connectivity index (χ0v) is 16.6. The number of nitrogens with one attached hydrogen (secondary N) is 1. The molecular formula is C20H20N4O3S. The maximum absolute atomic E-state index is 12.2. The van der Waals surface area contributed by atoms with E-state index in [1.165, 1.54) is 18.0 Å². The van der Waals surface area contributed by atoms with E-state index in [0.717, 1.165) is 16.9 Å². The molecule has 0 fully saturated rings. The van der Waals surface area contributed by atoms with Gasteiger partial charge in [0, 0.05) is 23.7 Å². The first-order valence-electron chi connectivity index (χ1n) is 8.54. The lowest BCUT2D eigenvalue weighted by molar-refractivity contribution is 0.0953. The van der Waals surface area contributed by atoms with E-state index in [1.54, 1.807) is 38.6 Å². The molecule has 0 spiro atoms. The number of aryl methyl sites for hydroxylation is 1. The lowest BCUT2D eigenvalue weighted by atomic mass is 10.1. The highest BCUT2D eigenvalue weighted by atomic mass is 32.2. The van der Waals surface area contributed by atoms with Crippen molar-refractivity contribution in [1.82, 2.24) is 15.4 Å². The van der Waals surface area contributed by atoms with Crippen LogP contribution in [0.1, 0.15) is 34.2 Å². The highest BCUT2D eigenvalue weighted by Crippen LogP contribution is 2.27. The van der Waals surface area contributed by atoms with Crippen molar-refractivity contribution in [2.45, 2.75) is 24.8 Å². The zero-order valence-electron chi connectivity index (χ0n) is 15.8. The molecular weight excluding hydrogens is 376 g/mol. The van der Waals surface area contributed by atoms with Crippen LogP contribution in [0, 0.1) is 6.92 Å². The highest BCUT2D eigenvalue weighted by molar-refractivity contribution is 7.98. The summed E-state index contributed by atoms with van der Waals surface area (Å²) in [7, 11) is 1.64. The number of aromatic nitrogens is 2. The van der Waals surface area contributed by atoms with Crippen LogP contribution in [0.5, 0.6) is 5.75 Å². The minimum atomic E-state index is -0.309. The summed E-state index contributed by atoms with van der Waals surface area (Å²) in [5.41, 5.74) is 5.58. The first kappa shape index (κ1) is 19.6. The van der Waals surface area contributed by atoms with Crippen LogP contribution in [0.15, 0.2) is 63.7 Å². The average Bonchev–Trinajstić information content (AvgIpc) is 3.16. The average molecular weight is 396 g/mol. The van der Waals surface area contributed by atoms with E-state index in [0.29, 0.717) is 27.9 Å². The second-order valence-electron chi connectivity index (χ2n) is 5.88. The van der Waals surface area contributed by atoms with Crippen molar-refractivity contribution in [2.75, 3.05) is 7.11 Å². The topological polar surface area (TPSA) is 89.6 Å². The number of nitrogens with zero attached hydrogens (tertiary/aromatic N) is 3. The summed E-state index contributed by atoms with van der Waals surface area (Å²) in [5, 5.41) is 4.91. The van der Waals surface area contributed by atoms with Crippen LogP contribution >= 0.6 is 11.8 Å². The van der Waals surface area contributed by atoms with E-state index in [4.69, 9.17) is 9.15 Å². The van der Waals surface area contributed by atoms with Gasteiger partial charge in [-0.1, -0.05) is 11.8 Å². The summed E-state index contributed by atoms with van der Waals surface area (Å²) < 4.78 is 10.6. The summed E-state index contributed by atoms with van der Waals surface area (Å²) >= 11 is 1.52. The van der Waals surface area contributed by atoms with Gasteiger partial charge in [-0.2, -0.15) is 5.10 Å². The Bertz CT molecular complexity index is 986. The molecule has 2 aromatic heterocycles. The molecule has 2 heterocycles. The Morgan fingerprint density at radius 3 is 2.75 bits per heavy atom. The number of furan rings is 1. The maximum atomic E-state index is 12.2. The molecule has 0 bridgehead atoms. The molecule has 0 saturated carbocycles. The Labute approximate surface area is 167 Å². The van der Waals surface area contributed by atoms with Gasteiger partial charge in [-0.15, -0.1) is 0 Å². The second-order valence-corrected chi connectivity index (χ2v) is 6.82. The van der Waals surface area contributed by atoms with Crippen LogP contribution in [0.2, 0.25) is 0 Å². The Hall–Kier alpha value is -3.13. The van der Waals surface area contributed by atoms with Crippen molar-refractivity contribution in [3.63, 3.8) is 0 Å². The van der Waals surface area contributed by atoms with E-state index in [1.807, 2.05) is 25.1 Å². The number of carbonyl (C=O) groups is 1. The maximum Gasteiger partial charge on any atom is 0.274 e. The molecule has 8 heteroatoms. The smallest absolute Gasteiger partial charge is 0.274 e. The fourth-order valence-electron chi connectivity index (χ4n) is 2.50. The summed E-state index contributed by atoms with van der Waals surface area (Å²) in [6.07, 6.45) is 4.90. The van der Waals surface area contributed by atoms with Crippen molar-refractivity contribution in [3.05, 3.63) is 71.4 Å². The highest BCUT2D eigenvalue weighted by Gasteiger charge is 2.12.